The molecule has 3 aromatic rings. The predicted octanol–water partition coefficient (Wildman–Crippen LogP) is 1.84. The van der Waals surface area contributed by atoms with Gasteiger partial charge in [-0.15, -0.1) is 11.3 Å². The van der Waals surface area contributed by atoms with E-state index >= 15 is 0 Å². The molecule has 0 aromatic carbocycles. The Morgan fingerprint density at radius 1 is 1.12 bits per heavy atom. The molecule has 0 bridgehead atoms. The van der Waals surface area contributed by atoms with Crippen LogP contribution >= 0.6 is 11.3 Å². The largest absolute Gasteiger partial charge is 0.269 e. The normalized spacial score (nSPS) is 10.8. The minimum atomic E-state index is -0.110. The number of hydrogen-bond donors (Lipinski definition) is 0. The third kappa shape index (κ3) is 1.33. The van der Waals surface area contributed by atoms with E-state index in [-0.39, 0.29) is 5.56 Å². The van der Waals surface area contributed by atoms with Gasteiger partial charge in [0.15, 0.2) is 5.13 Å². The van der Waals surface area contributed by atoms with E-state index in [1.807, 2.05) is 17.5 Å². The zero-order valence-corrected chi connectivity index (χ0v) is 9.02. The molecule has 0 saturated carbocycles. The van der Waals surface area contributed by atoms with Crippen molar-refractivity contribution in [1.82, 2.24) is 14.5 Å². The molecule has 4 nitrogen and oxygen atoms in total. The summed E-state index contributed by atoms with van der Waals surface area (Å²) in [4.78, 5) is 20.2. The van der Waals surface area contributed by atoms with Crippen molar-refractivity contribution in [2.75, 3.05) is 0 Å². The van der Waals surface area contributed by atoms with Crippen molar-refractivity contribution in [3.8, 4) is 5.13 Å². The van der Waals surface area contributed by atoms with Gasteiger partial charge < -0.3 is 0 Å². The number of nitrogens with zero attached hydrogens (tertiary/aromatic N) is 3. The molecule has 5 heteroatoms. The van der Waals surface area contributed by atoms with Gasteiger partial charge in [0.25, 0.3) is 5.56 Å². The van der Waals surface area contributed by atoms with E-state index in [1.165, 1.54) is 22.0 Å². The highest BCUT2D eigenvalue weighted by molar-refractivity contribution is 7.12. The second-order valence-corrected chi connectivity index (χ2v) is 4.11. The molecule has 0 N–H and O–H groups in total. The lowest BCUT2D eigenvalue weighted by atomic mass is 10.3. The quantitative estimate of drug-likeness (QED) is 0.639. The first-order valence-corrected chi connectivity index (χ1v) is 5.61. The lowest BCUT2D eigenvalue weighted by Crippen LogP contribution is -2.17. The van der Waals surface area contributed by atoms with Crippen molar-refractivity contribution in [2.45, 2.75) is 0 Å². The molecule has 3 aromatic heterocycles. The highest BCUT2D eigenvalue weighted by atomic mass is 32.1. The molecular weight excluding hydrogens is 222 g/mol. The Labute approximate surface area is 94.8 Å². The van der Waals surface area contributed by atoms with Gasteiger partial charge in [-0.25, -0.2) is 14.5 Å². The zero-order valence-electron chi connectivity index (χ0n) is 8.20. The summed E-state index contributed by atoms with van der Waals surface area (Å²) in [5.74, 6) is 0. The highest BCUT2D eigenvalue weighted by Crippen LogP contribution is 2.15. The Kier molecular flexibility index (Phi) is 2.04. The SMILES string of the molecule is O=c1ccc2cccnc2n1-c1nccs1. The number of pyridine rings is 2. The van der Waals surface area contributed by atoms with Crippen LogP contribution in [-0.2, 0) is 0 Å². The predicted molar refractivity (Wildman–Crippen MR) is 63.0 cm³/mol. The first-order valence-electron chi connectivity index (χ1n) is 4.73. The molecule has 0 amide bonds. The Balaban J connectivity index is 2.47. The maximum Gasteiger partial charge on any atom is 0.258 e. The van der Waals surface area contributed by atoms with Crippen molar-refractivity contribution in [3.63, 3.8) is 0 Å². The van der Waals surface area contributed by atoms with Gasteiger partial charge >= 0.3 is 0 Å². The Hall–Kier alpha value is -2.01. The smallest absolute Gasteiger partial charge is 0.258 e. The van der Waals surface area contributed by atoms with E-state index in [1.54, 1.807) is 18.5 Å². The lowest BCUT2D eigenvalue weighted by molar-refractivity contribution is 0.996. The van der Waals surface area contributed by atoms with E-state index in [0.717, 1.165) is 5.39 Å². The second-order valence-electron chi connectivity index (χ2n) is 3.24. The van der Waals surface area contributed by atoms with Crippen molar-refractivity contribution in [2.24, 2.45) is 0 Å². The highest BCUT2D eigenvalue weighted by Gasteiger charge is 2.07. The van der Waals surface area contributed by atoms with Gasteiger partial charge in [0, 0.05) is 29.2 Å². The summed E-state index contributed by atoms with van der Waals surface area (Å²) in [5.41, 5.74) is 0.533. The Morgan fingerprint density at radius 2 is 2.06 bits per heavy atom. The van der Waals surface area contributed by atoms with Crippen LogP contribution in [0.25, 0.3) is 16.2 Å². The van der Waals surface area contributed by atoms with Gasteiger partial charge in [0.05, 0.1) is 0 Å². The summed E-state index contributed by atoms with van der Waals surface area (Å²) in [6.45, 7) is 0. The molecule has 78 valence electrons. The fourth-order valence-electron chi connectivity index (χ4n) is 1.58. The average molecular weight is 229 g/mol. The van der Waals surface area contributed by atoms with Crippen LogP contribution in [0.2, 0.25) is 0 Å². The van der Waals surface area contributed by atoms with Crippen LogP contribution in [0.4, 0.5) is 0 Å². The average Bonchev–Trinajstić information content (AvgIpc) is 2.82. The van der Waals surface area contributed by atoms with Gasteiger partial charge in [0.1, 0.15) is 5.65 Å². The summed E-state index contributed by atoms with van der Waals surface area (Å²) in [6.07, 6.45) is 3.35. The topological polar surface area (TPSA) is 47.8 Å². The molecule has 0 radical (unpaired) electrons. The van der Waals surface area contributed by atoms with Crippen molar-refractivity contribution in [3.05, 3.63) is 52.4 Å². The molecular formula is C11H7N3OS. The molecule has 0 atom stereocenters. The van der Waals surface area contributed by atoms with E-state index in [4.69, 9.17) is 0 Å². The van der Waals surface area contributed by atoms with Gasteiger partial charge in [-0.2, -0.15) is 0 Å². The van der Waals surface area contributed by atoms with Crippen LogP contribution in [0.15, 0.2) is 46.8 Å². The molecule has 0 fully saturated rings. The summed E-state index contributed by atoms with van der Waals surface area (Å²) in [6, 6.07) is 7.07. The molecule has 0 unspecified atom stereocenters. The first kappa shape index (κ1) is 9.23. The van der Waals surface area contributed by atoms with Crippen molar-refractivity contribution >= 4 is 22.4 Å². The molecule has 16 heavy (non-hydrogen) atoms. The fourth-order valence-corrected chi connectivity index (χ4v) is 2.22. The number of hydrogen-bond acceptors (Lipinski definition) is 4. The maximum absolute atomic E-state index is 11.8. The summed E-state index contributed by atoms with van der Waals surface area (Å²) >= 11 is 1.42. The lowest BCUT2D eigenvalue weighted by Gasteiger charge is -2.04. The number of rotatable bonds is 1. The van der Waals surface area contributed by atoms with Gasteiger partial charge in [-0.3, -0.25) is 4.79 Å². The van der Waals surface area contributed by atoms with Crippen LogP contribution in [0.3, 0.4) is 0 Å². The van der Waals surface area contributed by atoms with Crippen LogP contribution in [0.1, 0.15) is 0 Å². The molecule has 3 heterocycles. The first-order chi connectivity index (χ1) is 7.86. The molecule has 0 saturated heterocycles. The Bertz CT molecular complexity index is 688. The number of fused-ring (bicyclic) bond motifs is 1. The minimum Gasteiger partial charge on any atom is -0.269 e. The zero-order chi connectivity index (χ0) is 11.0. The molecule has 0 aliphatic heterocycles. The van der Waals surface area contributed by atoms with Crippen LogP contribution in [0, 0.1) is 0 Å². The van der Waals surface area contributed by atoms with Crippen LogP contribution in [-0.4, -0.2) is 14.5 Å². The monoisotopic (exact) mass is 229 g/mol. The summed E-state index contributed by atoms with van der Waals surface area (Å²) in [7, 11) is 0. The van der Waals surface area contributed by atoms with Gasteiger partial charge in [0.2, 0.25) is 0 Å². The second kappa shape index (κ2) is 3.53. The van der Waals surface area contributed by atoms with Crippen LogP contribution < -0.4 is 5.56 Å². The van der Waals surface area contributed by atoms with Gasteiger partial charge in [-0.1, -0.05) is 0 Å². The standard InChI is InChI=1S/C11H7N3OS/c15-9-4-3-8-2-1-5-12-10(8)14(9)11-13-6-7-16-11/h1-7H. The summed E-state index contributed by atoms with van der Waals surface area (Å²) < 4.78 is 1.53. The molecule has 0 aliphatic carbocycles. The van der Waals surface area contributed by atoms with E-state index in [2.05, 4.69) is 9.97 Å². The fraction of sp³-hybridized carbons (Fsp3) is 0. The van der Waals surface area contributed by atoms with Gasteiger partial charge in [-0.05, 0) is 18.2 Å². The maximum atomic E-state index is 11.8. The Morgan fingerprint density at radius 3 is 2.88 bits per heavy atom. The van der Waals surface area contributed by atoms with E-state index in [0.29, 0.717) is 10.8 Å². The van der Waals surface area contributed by atoms with Crippen molar-refractivity contribution in [1.29, 1.82) is 0 Å². The van der Waals surface area contributed by atoms with Crippen molar-refractivity contribution < 1.29 is 0 Å². The number of thiazole rings is 1. The molecule has 0 aliphatic rings. The third-order valence-corrected chi connectivity index (χ3v) is 3.02. The number of aromatic nitrogens is 3. The third-order valence-electron chi connectivity index (χ3n) is 2.27. The van der Waals surface area contributed by atoms with E-state index < -0.39 is 0 Å². The summed E-state index contributed by atoms with van der Waals surface area (Å²) in [5, 5.41) is 3.41. The van der Waals surface area contributed by atoms with Crippen LogP contribution in [0.5, 0.6) is 0 Å². The minimum absolute atomic E-state index is 0.110. The van der Waals surface area contributed by atoms with E-state index in [9.17, 15) is 4.79 Å². The molecule has 3 rings (SSSR count). The molecule has 0 spiro atoms.